The van der Waals surface area contributed by atoms with Gasteiger partial charge in [0, 0.05) is 5.56 Å². The van der Waals surface area contributed by atoms with Gasteiger partial charge in [0.2, 0.25) is 0 Å². The van der Waals surface area contributed by atoms with Crippen LogP contribution < -0.4 is 16.6 Å². The van der Waals surface area contributed by atoms with Crippen molar-refractivity contribution in [1.29, 1.82) is 0 Å². The van der Waals surface area contributed by atoms with E-state index in [9.17, 15) is 4.79 Å². The van der Waals surface area contributed by atoms with Crippen LogP contribution in [-0.4, -0.2) is 29.1 Å². The third kappa shape index (κ3) is 2.51. The van der Waals surface area contributed by atoms with Gasteiger partial charge in [-0.1, -0.05) is 11.6 Å². The molecule has 3 atom stereocenters. The molecular weight excluding hydrogens is 268 g/mol. The van der Waals surface area contributed by atoms with Crippen LogP contribution in [0.25, 0.3) is 0 Å². The van der Waals surface area contributed by atoms with Crippen molar-refractivity contribution in [1.82, 2.24) is 10.3 Å². The lowest BCUT2D eigenvalue weighted by Crippen LogP contribution is -2.41. The standard InChI is InChI=1S/C12H15ClN4O2/c13-10-3-6(4-11(16-10)17-14)12(18)15-8-5-7-1-2-9(8)19-7/h3-4,7-9H,1-2,5,14H2,(H,15,18)(H,16,17). The molecule has 0 radical (unpaired) electrons. The molecule has 0 aromatic carbocycles. The molecule has 2 fully saturated rings. The quantitative estimate of drug-likeness (QED) is 0.438. The summed E-state index contributed by atoms with van der Waals surface area (Å²) in [4.78, 5) is 16.1. The summed E-state index contributed by atoms with van der Waals surface area (Å²) in [5, 5.41) is 3.21. The van der Waals surface area contributed by atoms with Crippen molar-refractivity contribution >= 4 is 23.3 Å². The van der Waals surface area contributed by atoms with Crippen LogP contribution in [0.5, 0.6) is 0 Å². The fourth-order valence-corrected chi connectivity index (χ4v) is 2.95. The topological polar surface area (TPSA) is 89.3 Å². The zero-order valence-corrected chi connectivity index (χ0v) is 11.0. The van der Waals surface area contributed by atoms with Gasteiger partial charge in [0.05, 0.1) is 18.2 Å². The minimum Gasteiger partial charge on any atom is -0.373 e. The van der Waals surface area contributed by atoms with Crippen LogP contribution in [0.4, 0.5) is 5.82 Å². The van der Waals surface area contributed by atoms with Crippen molar-refractivity contribution in [3.05, 3.63) is 22.8 Å². The molecular formula is C12H15ClN4O2. The molecule has 4 N–H and O–H groups in total. The summed E-state index contributed by atoms with van der Waals surface area (Å²) in [5.41, 5.74) is 2.82. The van der Waals surface area contributed by atoms with Gasteiger partial charge in [-0.2, -0.15) is 0 Å². The van der Waals surface area contributed by atoms with Crippen LogP contribution >= 0.6 is 11.6 Å². The summed E-state index contributed by atoms with van der Waals surface area (Å²) in [5.74, 6) is 5.46. The van der Waals surface area contributed by atoms with E-state index in [2.05, 4.69) is 15.7 Å². The van der Waals surface area contributed by atoms with Crippen molar-refractivity contribution in [2.24, 2.45) is 5.84 Å². The third-order valence-corrected chi connectivity index (χ3v) is 3.82. The number of nitrogens with two attached hydrogens (primary N) is 1. The summed E-state index contributed by atoms with van der Waals surface area (Å²) in [6.07, 6.45) is 3.45. The van der Waals surface area contributed by atoms with E-state index in [-0.39, 0.29) is 23.2 Å². The minimum atomic E-state index is -0.179. The molecule has 6 nitrogen and oxygen atoms in total. The molecule has 1 amide bonds. The zero-order chi connectivity index (χ0) is 13.4. The predicted molar refractivity (Wildman–Crippen MR) is 70.8 cm³/mol. The number of nitrogen functional groups attached to an aromatic ring is 1. The van der Waals surface area contributed by atoms with Crippen LogP contribution in [0.15, 0.2) is 12.1 Å². The van der Waals surface area contributed by atoms with Gasteiger partial charge in [-0.05, 0) is 31.4 Å². The molecule has 19 heavy (non-hydrogen) atoms. The summed E-state index contributed by atoms with van der Waals surface area (Å²) in [6.45, 7) is 0. The van der Waals surface area contributed by atoms with Crippen molar-refractivity contribution in [2.45, 2.75) is 37.5 Å². The van der Waals surface area contributed by atoms with Crippen molar-refractivity contribution < 1.29 is 9.53 Å². The van der Waals surface area contributed by atoms with E-state index in [4.69, 9.17) is 22.2 Å². The Morgan fingerprint density at radius 2 is 2.32 bits per heavy atom. The molecule has 3 unspecified atom stereocenters. The first kappa shape index (κ1) is 12.7. The Balaban J connectivity index is 1.72. The van der Waals surface area contributed by atoms with Gasteiger partial charge in [-0.15, -0.1) is 0 Å². The van der Waals surface area contributed by atoms with Crippen molar-refractivity contribution in [2.75, 3.05) is 5.43 Å². The lowest BCUT2D eigenvalue weighted by molar-refractivity contribution is 0.0841. The molecule has 7 heteroatoms. The molecule has 102 valence electrons. The lowest BCUT2D eigenvalue weighted by Gasteiger charge is -2.20. The lowest BCUT2D eigenvalue weighted by atomic mass is 9.95. The Morgan fingerprint density at radius 3 is 2.95 bits per heavy atom. The maximum Gasteiger partial charge on any atom is 0.251 e. The number of carbonyl (C=O) groups is 1. The molecule has 0 spiro atoms. The number of halogens is 1. The average Bonchev–Trinajstić information content (AvgIpc) is 3.00. The summed E-state index contributed by atoms with van der Waals surface area (Å²) in [7, 11) is 0. The smallest absolute Gasteiger partial charge is 0.251 e. The van der Waals surface area contributed by atoms with Crippen LogP contribution in [-0.2, 0) is 4.74 Å². The van der Waals surface area contributed by atoms with Gasteiger partial charge in [0.15, 0.2) is 0 Å². The van der Waals surface area contributed by atoms with Gasteiger partial charge >= 0.3 is 0 Å². The molecule has 2 aliphatic heterocycles. The summed E-state index contributed by atoms with van der Waals surface area (Å²) >= 11 is 5.84. The number of fused-ring (bicyclic) bond motifs is 2. The number of nitrogens with zero attached hydrogens (tertiary/aromatic N) is 1. The van der Waals surface area contributed by atoms with Crippen LogP contribution in [0.2, 0.25) is 5.15 Å². The number of carbonyl (C=O) groups excluding carboxylic acids is 1. The highest BCUT2D eigenvalue weighted by Gasteiger charge is 2.41. The predicted octanol–water partition coefficient (Wildman–Crippen LogP) is 1.07. The van der Waals surface area contributed by atoms with E-state index < -0.39 is 0 Å². The summed E-state index contributed by atoms with van der Waals surface area (Å²) < 4.78 is 5.70. The largest absolute Gasteiger partial charge is 0.373 e. The van der Waals surface area contributed by atoms with E-state index in [1.165, 1.54) is 6.07 Å². The first-order valence-electron chi connectivity index (χ1n) is 6.26. The van der Waals surface area contributed by atoms with Crippen molar-refractivity contribution in [3.63, 3.8) is 0 Å². The number of hydrazine groups is 1. The van der Waals surface area contributed by atoms with Gasteiger partial charge < -0.3 is 15.5 Å². The second-order valence-corrected chi connectivity index (χ2v) is 5.28. The highest BCUT2D eigenvalue weighted by atomic mass is 35.5. The van der Waals surface area contributed by atoms with Crippen LogP contribution in [0.1, 0.15) is 29.6 Å². The number of amides is 1. The average molecular weight is 283 g/mol. The van der Waals surface area contributed by atoms with Crippen LogP contribution in [0.3, 0.4) is 0 Å². The minimum absolute atomic E-state index is 0.0903. The highest BCUT2D eigenvalue weighted by Crippen LogP contribution is 2.34. The zero-order valence-electron chi connectivity index (χ0n) is 10.2. The fraction of sp³-hybridized carbons (Fsp3) is 0.500. The Hall–Kier alpha value is -1.37. The fourth-order valence-electron chi connectivity index (χ4n) is 2.74. The Labute approximate surface area is 115 Å². The van der Waals surface area contributed by atoms with E-state index in [0.717, 1.165) is 19.3 Å². The second kappa shape index (κ2) is 4.96. The second-order valence-electron chi connectivity index (χ2n) is 4.90. The van der Waals surface area contributed by atoms with Gasteiger partial charge in [-0.25, -0.2) is 10.8 Å². The Kier molecular flexibility index (Phi) is 3.30. The number of anilines is 1. The number of pyridine rings is 1. The number of nitrogens with one attached hydrogen (secondary N) is 2. The van der Waals surface area contributed by atoms with E-state index >= 15 is 0 Å². The Morgan fingerprint density at radius 1 is 1.47 bits per heavy atom. The molecule has 2 saturated heterocycles. The Bertz CT molecular complexity index is 511. The van der Waals surface area contributed by atoms with E-state index in [1.807, 2.05) is 0 Å². The highest BCUT2D eigenvalue weighted by molar-refractivity contribution is 6.29. The van der Waals surface area contributed by atoms with Gasteiger partial charge in [-0.3, -0.25) is 4.79 Å². The molecule has 2 bridgehead atoms. The number of rotatable bonds is 3. The first-order valence-corrected chi connectivity index (χ1v) is 6.64. The van der Waals surface area contributed by atoms with E-state index in [1.54, 1.807) is 6.07 Å². The number of ether oxygens (including phenoxy) is 1. The molecule has 1 aromatic rings. The van der Waals surface area contributed by atoms with E-state index in [0.29, 0.717) is 17.5 Å². The maximum absolute atomic E-state index is 12.2. The maximum atomic E-state index is 12.2. The molecule has 1 aromatic heterocycles. The molecule has 3 heterocycles. The molecule has 0 saturated carbocycles. The normalized spacial score (nSPS) is 28.4. The monoisotopic (exact) mass is 282 g/mol. The summed E-state index contributed by atoms with van der Waals surface area (Å²) in [6, 6.07) is 3.17. The number of hydrogen-bond acceptors (Lipinski definition) is 5. The van der Waals surface area contributed by atoms with Crippen LogP contribution in [0, 0.1) is 0 Å². The number of hydrogen-bond donors (Lipinski definition) is 3. The molecule has 2 aliphatic rings. The third-order valence-electron chi connectivity index (χ3n) is 3.63. The first-order chi connectivity index (χ1) is 9.15. The number of aromatic nitrogens is 1. The molecule has 0 aliphatic carbocycles. The molecule has 3 rings (SSSR count). The van der Waals surface area contributed by atoms with Crippen molar-refractivity contribution in [3.8, 4) is 0 Å². The van der Waals surface area contributed by atoms with Gasteiger partial charge in [0.25, 0.3) is 5.91 Å². The SMILES string of the molecule is NNc1cc(C(=O)NC2CC3CCC2O3)cc(Cl)n1. The van der Waals surface area contributed by atoms with Gasteiger partial charge in [0.1, 0.15) is 11.0 Å².